The third-order valence-electron chi connectivity index (χ3n) is 6.12. The first-order chi connectivity index (χ1) is 12.3. The van der Waals surface area contributed by atoms with Gasteiger partial charge in [0.2, 0.25) is 5.91 Å². The van der Waals surface area contributed by atoms with Crippen LogP contribution < -0.4 is 5.32 Å². The van der Waals surface area contributed by atoms with Crippen LogP contribution in [-0.4, -0.2) is 40.5 Å². The Morgan fingerprint density at radius 1 is 1.35 bits per heavy atom. The van der Waals surface area contributed by atoms with Crippen LogP contribution in [0.3, 0.4) is 0 Å². The van der Waals surface area contributed by atoms with Crippen LogP contribution in [0.1, 0.15) is 56.8 Å². The number of amides is 2. The van der Waals surface area contributed by atoms with E-state index in [4.69, 9.17) is 0 Å². The summed E-state index contributed by atoms with van der Waals surface area (Å²) >= 11 is 0. The number of anilines is 1. The van der Waals surface area contributed by atoms with Gasteiger partial charge in [-0.25, -0.2) is 0 Å². The zero-order chi connectivity index (χ0) is 18.9. The summed E-state index contributed by atoms with van der Waals surface area (Å²) in [6, 6.07) is 7.14. The molecule has 0 aromatic heterocycles. The second kappa shape index (κ2) is 7.39. The highest BCUT2D eigenvalue weighted by Gasteiger charge is 2.48. The molecule has 5 heteroatoms. The van der Waals surface area contributed by atoms with Gasteiger partial charge in [-0.15, -0.1) is 0 Å². The highest BCUT2D eigenvalue weighted by Crippen LogP contribution is 2.44. The zero-order valence-corrected chi connectivity index (χ0v) is 16.0. The van der Waals surface area contributed by atoms with E-state index in [2.05, 4.69) is 5.32 Å². The summed E-state index contributed by atoms with van der Waals surface area (Å²) in [4.78, 5) is 26.8. The second-order valence-corrected chi connectivity index (χ2v) is 8.15. The molecule has 1 aliphatic heterocycles. The first-order valence-electron chi connectivity index (χ1n) is 9.76. The van der Waals surface area contributed by atoms with Crippen LogP contribution in [0.4, 0.5) is 5.69 Å². The SMILES string of the molecule is CC[C@@]1(O)CCC[C@@H]2CN(C(=O)c3cccc(NC(=O)C(C)C)c3)C[C@@H]21. The summed E-state index contributed by atoms with van der Waals surface area (Å²) < 4.78 is 0. The van der Waals surface area contributed by atoms with Crippen molar-refractivity contribution < 1.29 is 14.7 Å². The molecule has 2 fully saturated rings. The Labute approximate surface area is 155 Å². The molecular formula is C21H30N2O3. The molecule has 2 N–H and O–H groups in total. The van der Waals surface area contributed by atoms with Crippen molar-refractivity contribution in [2.45, 2.75) is 52.1 Å². The topological polar surface area (TPSA) is 69.6 Å². The Morgan fingerprint density at radius 2 is 2.12 bits per heavy atom. The number of aliphatic hydroxyl groups is 1. The number of hydrogen-bond acceptors (Lipinski definition) is 3. The Hall–Kier alpha value is -1.88. The summed E-state index contributed by atoms with van der Waals surface area (Å²) in [5, 5.41) is 13.8. The van der Waals surface area contributed by atoms with Crippen molar-refractivity contribution in [2.24, 2.45) is 17.8 Å². The molecule has 142 valence electrons. The van der Waals surface area contributed by atoms with E-state index in [9.17, 15) is 14.7 Å². The lowest BCUT2D eigenvalue weighted by molar-refractivity contribution is -0.118. The van der Waals surface area contributed by atoms with E-state index in [0.717, 1.165) is 25.7 Å². The Morgan fingerprint density at radius 3 is 2.81 bits per heavy atom. The number of fused-ring (bicyclic) bond motifs is 1. The molecule has 1 heterocycles. The number of likely N-dealkylation sites (tertiary alicyclic amines) is 1. The predicted molar refractivity (Wildman–Crippen MR) is 102 cm³/mol. The van der Waals surface area contributed by atoms with Gasteiger partial charge in [-0.2, -0.15) is 0 Å². The fourth-order valence-electron chi connectivity index (χ4n) is 4.43. The van der Waals surface area contributed by atoms with Gasteiger partial charge in [0.1, 0.15) is 0 Å². The Bertz CT molecular complexity index is 688. The molecule has 1 saturated heterocycles. The largest absolute Gasteiger partial charge is 0.390 e. The standard InChI is InChI=1S/C21H30N2O3/c1-4-21(26)10-6-8-16-12-23(13-18(16)21)20(25)15-7-5-9-17(11-15)22-19(24)14(2)3/h5,7,9,11,14,16,18,26H,4,6,8,10,12-13H2,1-3H3,(H,22,24)/t16-,18+,21-/m1/s1. The molecule has 0 bridgehead atoms. The monoisotopic (exact) mass is 358 g/mol. The number of benzene rings is 1. The molecule has 1 aliphatic carbocycles. The summed E-state index contributed by atoms with van der Waals surface area (Å²) in [6.07, 6.45) is 3.70. The molecule has 1 aromatic rings. The van der Waals surface area contributed by atoms with E-state index in [1.165, 1.54) is 0 Å². The number of nitrogens with one attached hydrogen (secondary N) is 1. The normalized spacial score (nSPS) is 28.1. The van der Waals surface area contributed by atoms with Crippen molar-refractivity contribution in [1.29, 1.82) is 0 Å². The molecule has 5 nitrogen and oxygen atoms in total. The van der Waals surface area contributed by atoms with Gasteiger partial charge in [-0.1, -0.05) is 33.3 Å². The molecule has 0 unspecified atom stereocenters. The minimum absolute atomic E-state index is 0.0153. The highest BCUT2D eigenvalue weighted by atomic mass is 16.3. The molecule has 3 rings (SSSR count). The van der Waals surface area contributed by atoms with Crippen molar-refractivity contribution >= 4 is 17.5 Å². The van der Waals surface area contributed by atoms with Crippen molar-refractivity contribution in [3.05, 3.63) is 29.8 Å². The van der Waals surface area contributed by atoms with Gasteiger partial charge >= 0.3 is 0 Å². The lowest BCUT2D eigenvalue weighted by Crippen LogP contribution is -2.44. The minimum atomic E-state index is -0.634. The fourth-order valence-corrected chi connectivity index (χ4v) is 4.43. The van der Waals surface area contributed by atoms with E-state index in [1.807, 2.05) is 25.7 Å². The zero-order valence-electron chi connectivity index (χ0n) is 16.0. The number of nitrogens with zero attached hydrogens (tertiary/aromatic N) is 1. The van der Waals surface area contributed by atoms with E-state index >= 15 is 0 Å². The average Bonchev–Trinajstić information content (AvgIpc) is 3.07. The summed E-state index contributed by atoms with van der Waals surface area (Å²) in [5.41, 5.74) is 0.604. The third-order valence-corrected chi connectivity index (χ3v) is 6.12. The predicted octanol–water partition coefficient (Wildman–Crippen LogP) is 3.29. The average molecular weight is 358 g/mol. The van der Waals surface area contributed by atoms with E-state index in [0.29, 0.717) is 30.3 Å². The molecule has 1 saturated carbocycles. The summed E-state index contributed by atoms with van der Waals surface area (Å²) in [6.45, 7) is 7.05. The molecular weight excluding hydrogens is 328 g/mol. The maximum atomic E-state index is 13.0. The van der Waals surface area contributed by atoms with Crippen LogP contribution in [0.15, 0.2) is 24.3 Å². The van der Waals surface area contributed by atoms with Crippen molar-refractivity contribution in [1.82, 2.24) is 4.90 Å². The van der Waals surface area contributed by atoms with Crippen LogP contribution >= 0.6 is 0 Å². The van der Waals surface area contributed by atoms with Crippen LogP contribution in [0, 0.1) is 17.8 Å². The van der Waals surface area contributed by atoms with Gasteiger partial charge < -0.3 is 15.3 Å². The van der Waals surface area contributed by atoms with E-state index in [1.54, 1.807) is 24.3 Å². The molecule has 2 aliphatic rings. The highest BCUT2D eigenvalue weighted by molar-refractivity contribution is 5.97. The molecule has 0 radical (unpaired) electrons. The van der Waals surface area contributed by atoms with Gasteiger partial charge in [0, 0.05) is 36.2 Å². The molecule has 1 aromatic carbocycles. The lowest BCUT2D eigenvalue weighted by Gasteiger charge is -2.40. The van der Waals surface area contributed by atoms with Crippen LogP contribution in [-0.2, 0) is 4.79 Å². The van der Waals surface area contributed by atoms with Gasteiger partial charge in [0.05, 0.1) is 5.60 Å². The van der Waals surface area contributed by atoms with E-state index < -0.39 is 5.60 Å². The second-order valence-electron chi connectivity index (χ2n) is 8.15. The van der Waals surface area contributed by atoms with Gasteiger partial charge in [0.25, 0.3) is 5.91 Å². The van der Waals surface area contributed by atoms with Gasteiger partial charge in [0.15, 0.2) is 0 Å². The number of carbonyl (C=O) groups is 2. The summed E-state index contributed by atoms with van der Waals surface area (Å²) in [7, 11) is 0. The van der Waals surface area contributed by atoms with E-state index in [-0.39, 0.29) is 23.7 Å². The number of rotatable bonds is 4. The Balaban J connectivity index is 1.73. The van der Waals surface area contributed by atoms with Crippen LogP contribution in [0.2, 0.25) is 0 Å². The number of carbonyl (C=O) groups excluding carboxylic acids is 2. The van der Waals surface area contributed by atoms with Gasteiger partial charge in [-0.05, 0) is 43.4 Å². The first kappa shape index (κ1) is 18.9. The van der Waals surface area contributed by atoms with Crippen molar-refractivity contribution in [3.8, 4) is 0 Å². The maximum Gasteiger partial charge on any atom is 0.253 e. The van der Waals surface area contributed by atoms with Gasteiger partial charge in [-0.3, -0.25) is 9.59 Å². The third kappa shape index (κ3) is 3.63. The molecule has 0 spiro atoms. The summed E-state index contributed by atoms with van der Waals surface area (Å²) in [5.74, 6) is 0.381. The van der Waals surface area contributed by atoms with Crippen LogP contribution in [0.25, 0.3) is 0 Å². The smallest absolute Gasteiger partial charge is 0.253 e. The van der Waals surface area contributed by atoms with Crippen LogP contribution in [0.5, 0.6) is 0 Å². The quantitative estimate of drug-likeness (QED) is 0.868. The fraction of sp³-hybridized carbons (Fsp3) is 0.619. The molecule has 26 heavy (non-hydrogen) atoms. The number of hydrogen-bond donors (Lipinski definition) is 2. The van der Waals surface area contributed by atoms with Crippen molar-refractivity contribution in [2.75, 3.05) is 18.4 Å². The maximum absolute atomic E-state index is 13.0. The lowest BCUT2D eigenvalue weighted by atomic mass is 9.69. The Kier molecular flexibility index (Phi) is 5.37. The molecule has 2 amide bonds. The first-order valence-corrected chi connectivity index (χ1v) is 9.76. The molecule has 3 atom stereocenters. The van der Waals surface area contributed by atoms with Crippen molar-refractivity contribution in [3.63, 3.8) is 0 Å². The minimum Gasteiger partial charge on any atom is -0.390 e.